The maximum absolute atomic E-state index is 13.5. The summed E-state index contributed by atoms with van der Waals surface area (Å²) in [6.45, 7) is 0.991. The summed E-state index contributed by atoms with van der Waals surface area (Å²) in [7, 11) is 1.30. The molecule has 5 heteroatoms. The second-order valence-electron chi connectivity index (χ2n) is 3.82. The number of alkyl halides is 1. The van der Waals surface area contributed by atoms with Crippen molar-refractivity contribution >= 4 is 21.9 Å². The Balaban J connectivity index is 2.45. The molecule has 0 aromatic heterocycles. The van der Waals surface area contributed by atoms with Crippen molar-refractivity contribution in [3.8, 4) is 0 Å². The summed E-state index contributed by atoms with van der Waals surface area (Å²) in [6, 6.07) is 2.85. The van der Waals surface area contributed by atoms with Crippen LogP contribution in [0.1, 0.15) is 21.5 Å². The number of fused-ring (bicyclic) bond motifs is 1. The smallest absolute Gasteiger partial charge is 0.324 e. The van der Waals surface area contributed by atoms with Gasteiger partial charge in [0.25, 0.3) is 0 Å². The van der Waals surface area contributed by atoms with Crippen LogP contribution in [0.2, 0.25) is 0 Å². The van der Waals surface area contributed by atoms with E-state index in [0.717, 1.165) is 11.1 Å². The third-order valence-electron chi connectivity index (χ3n) is 2.78. The molecule has 17 heavy (non-hydrogen) atoms. The zero-order chi connectivity index (χ0) is 12.4. The van der Waals surface area contributed by atoms with Crippen molar-refractivity contribution < 1.29 is 18.7 Å². The van der Waals surface area contributed by atoms with Crippen molar-refractivity contribution in [2.75, 3.05) is 13.7 Å². The van der Waals surface area contributed by atoms with Crippen molar-refractivity contribution in [1.82, 2.24) is 0 Å². The van der Waals surface area contributed by atoms with Crippen LogP contribution in [0.4, 0.5) is 4.39 Å². The number of methoxy groups -OCH3 is 1. The minimum Gasteiger partial charge on any atom is -0.468 e. The van der Waals surface area contributed by atoms with Gasteiger partial charge in [0.05, 0.1) is 20.3 Å². The number of ether oxygens (including phenoxy) is 2. The van der Waals surface area contributed by atoms with Crippen LogP contribution < -0.4 is 0 Å². The van der Waals surface area contributed by atoms with Crippen molar-refractivity contribution in [3.05, 3.63) is 34.6 Å². The van der Waals surface area contributed by atoms with Gasteiger partial charge in [-0.05, 0) is 35.2 Å². The van der Waals surface area contributed by atoms with Gasteiger partial charge in [0.2, 0.25) is 0 Å². The highest BCUT2D eigenvalue weighted by atomic mass is 79.9. The van der Waals surface area contributed by atoms with Gasteiger partial charge in [0.1, 0.15) is 10.6 Å². The SMILES string of the molecule is COC(=O)C(Br)c1cc(F)cc2c1COCC2. The zero-order valence-electron chi connectivity index (χ0n) is 9.33. The van der Waals surface area contributed by atoms with Crippen LogP contribution in [-0.2, 0) is 27.3 Å². The number of hydrogen-bond donors (Lipinski definition) is 0. The Morgan fingerprint density at radius 2 is 2.35 bits per heavy atom. The molecule has 0 bridgehead atoms. The minimum atomic E-state index is -0.654. The van der Waals surface area contributed by atoms with Crippen LogP contribution in [0.15, 0.2) is 12.1 Å². The number of rotatable bonds is 2. The molecule has 0 amide bonds. The molecule has 2 rings (SSSR count). The summed E-state index contributed by atoms with van der Waals surface area (Å²) < 4.78 is 23.5. The van der Waals surface area contributed by atoms with E-state index in [2.05, 4.69) is 20.7 Å². The average Bonchev–Trinajstić information content (AvgIpc) is 2.35. The van der Waals surface area contributed by atoms with E-state index < -0.39 is 10.8 Å². The molecule has 1 aromatic rings. The number of hydrogen-bond acceptors (Lipinski definition) is 3. The molecule has 1 aliphatic rings. The lowest BCUT2D eigenvalue weighted by molar-refractivity contribution is -0.139. The Kier molecular flexibility index (Phi) is 3.79. The summed E-state index contributed by atoms with van der Waals surface area (Å²) >= 11 is 3.23. The first-order valence-corrected chi connectivity index (χ1v) is 6.16. The summed E-state index contributed by atoms with van der Waals surface area (Å²) in [6.07, 6.45) is 0.668. The summed E-state index contributed by atoms with van der Waals surface area (Å²) in [4.78, 5) is 10.8. The van der Waals surface area contributed by atoms with E-state index in [1.165, 1.54) is 19.2 Å². The second-order valence-corrected chi connectivity index (χ2v) is 4.74. The predicted molar refractivity (Wildman–Crippen MR) is 63.4 cm³/mol. The highest BCUT2D eigenvalue weighted by Crippen LogP contribution is 2.32. The van der Waals surface area contributed by atoms with E-state index >= 15 is 0 Å². The topological polar surface area (TPSA) is 35.5 Å². The average molecular weight is 303 g/mol. The van der Waals surface area contributed by atoms with Gasteiger partial charge in [-0.2, -0.15) is 0 Å². The Morgan fingerprint density at radius 1 is 1.59 bits per heavy atom. The molecule has 0 saturated carbocycles. The van der Waals surface area contributed by atoms with E-state index in [1.54, 1.807) is 0 Å². The van der Waals surface area contributed by atoms with Crippen molar-refractivity contribution in [2.24, 2.45) is 0 Å². The van der Waals surface area contributed by atoms with Crippen LogP contribution >= 0.6 is 15.9 Å². The number of carbonyl (C=O) groups excluding carboxylic acids is 1. The van der Waals surface area contributed by atoms with Gasteiger partial charge >= 0.3 is 5.97 Å². The van der Waals surface area contributed by atoms with Gasteiger partial charge in [-0.3, -0.25) is 4.79 Å². The van der Waals surface area contributed by atoms with Gasteiger partial charge < -0.3 is 9.47 Å². The first-order valence-electron chi connectivity index (χ1n) is 5.24. The summed E-state index contributed by atoms with van der Waals surface area (Å²) in [5, 5.41) is 0. The van der Waals surface area contributed by atoms with Gasteiger partial charge in [-0.1, -0.05) is 15.9 Å². The zero-order valence-corrected chi connectivity index (χ0v) is 10.9. The second kappa shape index (κ2) is 5.14. The van der Waals surface area contributed by atoms with Crippen LogP contribution in [-0.4, -0.2) is 19.7 Å². The van der Waals surface area contributed by atoms with E-state index in [1.807, 2.05) is 0 Å². The van der Waals surface area contributed by atoms with Crippen LogP contribution in [0.3, 0.4) is 0 Å². The Bertz CT molecular complexity index is 448. The standard InChI is InChI=1S/C12H12BrFO3/c1-16-12(15)11(13)9-5-8(14)4-7-2-3-17-6-10(7)9/h4-5,11H,2-3,6H2,1H3. The number of carbonyl (C=O) groups is 1. The lowest BCUT2D eigenvalue weighted by Crippen LogP contribution is -2.17. The molecular weight excluding hydrogens is 291 g/mol. The van der Waals surface area contributed by atoms with Crippen LogP contribution in [0.25, 0.3) is 0 Å². The van der Waals surface area contributed by atoms with Crippen LogP contribution in [0, 0.1) is 5.82 Å². The molecule has 92 valence electrons. The molecule has 3 nitrogen and oxygen atoms in total. The minimum absolute atomic E-state index is 0.339. The number of halogens is 2. The number of benzene rings is 1. The Hall–Kier alpha value is -0.940. The third kappa shape index (κ3) is 2.50. The highest BCUT2D eigenvalue weighted by Gasteiger charge is 2.25. The molecule has 0 saturated heterocycles. The molecule has 1 aromatic carbocycles. The van der Waals surface area contributed by atoms with E-state index in [4.69, 9.17) is 4.74 Å². The molecular formula is C12H12BrFO3. The summed E-state index contributed by atoms with van der Waals surface area (Å²) in [5.41, 5.74) is 2.37. The molecule has 1 unspecified atom stereocenters. The van der Waals surface area contributed by atoms with E-state index in [0.29, 0.717) is 25.2 Å². The molecule has 1 atom stereocenters. The van der Waals surface area contributed by atoms with Crippen molar-refractivity contribution in [3.63, 3.8) is 0 Å². The maximum Gasteiger partial charge on any atom is 0.324 e. The monoisotopic (exact) mass is 302 g/mol. The number of esters is 1. The lowest BCUT2D eigenvalue weighted by Gasteiger charge is -2.21. The fourth-order valence-corrected chi connectivity index (χ4v) is 2.52. The van der Waals surface area contributed by atoms with Gasteiger partial charge in [-0.15, -0.1) is 0 Å². The van der Waals surface area contributed by atoms with E-state index in [-0.39, 0.29) is 5.82 Å². The fourth-order valence-electron chi connectivity index (χ4n) is 1.93. The fraction of sp³-hybridized carbons (Fsp3) is 0.417. The first kappa shape index (κ1) is 12.5. The molecule has 0 radical (unpaired) electrons. The molecule has 0 fully saturated rings. The van der Waals surface area contributed by atoms with Crippen molar-refractivity contribution in [2.45, 2.75) is 17.9 Å². The maximum atomic E-state index is 13.5. The summed E-state index contributed by atoms with van der Waals surface area (Å²) in [5.74, 6) is -0.780. The van der Waals surface area contributed by atoms with Gasteiger partial charge in [-0.25, -0.2) is 4.39 Å². The lowest BCUT2D eigenvalue weighted by atomic mass is 9.95. The third-order valence-corrected chi connectivity index (χ3v) is 3.65. The Labute approximate surface area is 107 Å². The van der Waals surface area contributed by atoms with Gasteiger partial charge in [0, 0.05) is 0 Å². The van der Waals surface area contributed by atoms with Crippen molar-refractivity contribution in [1.29, 1.82) is 0 Å². The quantitative estimate of drug-likeness (QED) is 0.622. The molecule has 1 heterocycles. The first-order chi connectivity index (χ1) is 8.13. The van der Waals surface area contributed by atoms with E-state index in [9.17, 15) is 9.18 Å². The molecule has 1 aliphatic heterocycles. The molecule has 0 aliphatic carbocycles. The molecule has 0 N–H and O–H groups in total. The highest BCUT2D eigenvalue weighted by molar-refractivity contribution is 9.09. The Morgan fingerprint density at radius 3 is 3.06 bits per heavy atom. The predicted octanol–water partition coefficient (Wildman–Crippen LogP) is 2.51. The molecule has 0 spiro atoms. The van der Waals surface area contributed by atoms with Crippen LogP contribution in [0.5, 0.6) is 0 Å². The normalized spacial score (nSPS) is 16.2. The van der Waals surface area contributed by atoms with Gasteiger partial charge in [0.15, 0.2) is 0 Å². The largest absolute Gasteiger partial charge is 0.468 e.